The average molecular weight is 239 g/mol. The Morgan fingerprint density at radius 2 is 2.19 bits per heavy atom. The number of H-pyrrole nitrogens is 1. The zero-order chi connectivity index (χ0) is 10.3. The standard InChI is InChI=1S/C11H10N2O2.ClH/c14-11-13-10(6-15-11)7-2-1-3-9-8(7)4-5-12-9;/h1-5,10,12H,6H2,(H,13,14);1H/t10-;/m1./s1. The molecule has 2 aromatic rings. The first-order valence-electron chi connectivity index (χ1n) is 4.84. The number of rotatable bonds is 1. The second-order valence-corrected chi connectivity index (χ2v) is 3.58. The van der Waals surface area contributed by atoms with Crippen molar-refractivity contribution in [2.24, 2.45) is 0 Å². The topological polar surface area (TPSA) is 54.1 Å². The van der Waals surface area contributed by atoms with Crippen LogP contribution in [0.3, 0.4) is 0 Å². The van der Waals surface area contributed by atoms with Crippen LogP contribution in [0.5, 0.6) is 0 Å². The lowest BCUT2D eigenvalue weighted by molar-refractivity contribution is 0.177. The summed E-state index contributed by atoms with van der Waals surface area (Å²) in [6.07, 6.45) is 1.55. The van der Waals surface area contributed by atoms with E-state index in [1.54, 1.807) is 0 Å². The molecule has 0 radical (unpaired) electrons. The lowest BCUT2D eigenvalue weighted by Gasteiger charge is -2.08. The number of alkyl carbamates (subject to hydrolysis) is 1. The van der Waals surface area contributed by atoms with E-state index in [0.29, 0.717) is 6.61 Å². The first kappa shape index (κ1) is 10.8. The van der Waals surface area contributed by atoms with E-state index in [-0.39, 0.29) is 24.5 Å². The molecule has 1 aliphatic rings. The Kier molecular flexibility index (Phi) is 2.75. The Morgan fingerprint density at radius 3 is 2.94 bits per heavy atom. The maximum Gasteiger partial charge on any atom is 0.407 e. The number of halogens is 1. The van der Waals surface area contributed by atoms with Gasteiger partial charge in [0, 0.05) is 17.1 Å². The minimum absolute atomic E-state index is 0. The van der Waals surface area contributed by atoms with Crippen molar-refractivity contribution in [3.05, 3.63) is 36.0 Å². The molecule has 1 atom stereocenters. The number of aromatic amines is 1. The molecule has 3 rings (SSSR count). The van der Waals surface area contributed by atoms with E-state index in [2.05, 4.69) is 10.3 Å². The zero-order valence-corrected chi connectivity index (χ0v) is 9.21. The van der Waals surface area contributed by atoms with Crippen molar-refractivity contribution in [1.82, 2.24) is 10.3 Å². The number of amides is 1. The number of benzene rings is 1. The lowest BCUT2D eigenvalue weighted by atomic mass is 10.0. The number of nitrogens with one attached hydrogen (secondary N) is 2. The molecule has 1 fully saturated rings. The number of carbonyl (C=O) groups excluding carboxylic acids is 1. The maximum atomic E-state index is 11.0. The van der Waals surface area contributed by atoms with Gasteiger partial charge in [-0.2, -0.15) is 0 Å². The summed E-state index contributed by atoms with van der Waals surface area (Å²) >= 11 is 0. The summed E-state index contributed by atoms with van der Waals surface area (Å²) in [5.74, 6) is 0. The lowest BCUT2D eigenvalue weighted by Crippen LogP contribution is -2.18. The summed E-state index contributed by atoms with van der Waals surface area (Å²) in [5.41, 5.74) is 2.17. The van der Waals surface area contributed by atoms with Crippen LogP contribution >= 0.6 is 12.4 Å². The highest BCUT2D eigenvalue weighted by molar-refractivity contribution is 5.85. The molecule has 2 N–H and O–H groups in total. The number of hydrogen-bond acceptors (Lipinski definition) is 2. The predicted octanol–water partition coefficient (Wildman–Crippen LogP) is 2.37. The highest BCUT2D eigenvalue weighted by Crippen LogP contribution is 2.25. The van der Waals surface area contributed by atoms with Gasteiger partial charge in [0.15, 0.2) is 0 Å². The van der Waals surface area contributed by atoms with Gasteiger partial charge in [-0.1, -0.05) is 12.1 Å². The number of hydrogen-bond donors (Lipinski definition) is 2. The monoisotopic (exact) mass is 238 g/mol. The van der Waals surface area contributed by atoms with Gasteiger partial charge in [0.05, 0.1) is 6.04 Å². The molecule has 1 aliphatic heterocycles. The molecule has 4 nitrogen and oxygen atoms in total. The second kappa shape index (κ2) is 4.06. The molecule has 0 saturated carbocycles. The van der Waals surface area contributed by atoms with E-state index in [4.69, 9.17) is 4.74 Å². The second-order valence-electron chi connectivity index (χ2n) is 3.58. The third kappa shape index (κ3) is 1.61. The van der Waals surface area contributed by atoms with Gasteiger partial charge in [-0.25, -0.2) is 4.79 Å². The number of carbonyl (C=O) groups is 1. The summed E-state index contributed by atoms with van der Waals surface area (Å²) in [7, 11) is 0. The van der Waals surface area contributed by atoms with Crippen LogP contribution in [0, 0.1) is 0 Å². The third-order valence-corrected chi connectivity index (χ3v) is 2.68. The fraction of sp³-hybridized carbons (Fsp3) is 0.182. The van der Waals surface area contributed by atoms with Gasteiger partial charge in [0.25, 0.3) is 0 Å². The first-order chi connectivity index (χ1) is 7.34. The summed E-state index contributed by atoms with van der Waals surface area (Å²) in [6.45, 7) is 0.406. The Morgan fingerprint density at radius 1 is 1.31 bits per heavy atom. The predicted molar refractivity (Wildman–Crippen MR) is 62.8 cm³/mol. The number of cyclic esters (lactones) is 1. The van der Waals surface area contributed by atoms with E-state index < -0.39 is 0 Å². The maximum absolute atomic E-state index is 11.0. The van der Waals surface area contributed by atoms with Crippen LogP contribution in [0.15, 0.2) is 30.5 Å². The Labute approximate surface area is 98.4 Å². The van der Waals surface area contributed by atoms with Crippen LogP contribution < -0.4 is 5.32 Å². The van der Waals surface area contributed by atoms with E-state index in [0.717, 1.165) is 16.5 Å². The summed E-state index contributed by atoms with van der Waals surface area (Å²) in [4.78, 5) is 14.1. The van der Waals surface area contributed by atoms with E-state index in [1.807, 2.05) is 30.5 Å². The highest BCUT2D eigenvalue weighted by atomic mass is 35.5. The molecule has 1 aromatic heterocycles. The first-order valence-corrected chi connectivity index (χ1v) is 4.84. The van der Waals surface area contributed by atoms with Gasteiger partial charge >= 0.3 is 6.09 Å². The quantitative estimate of drug-likeness (QED) is 0.802. The molecule has 0 bridgehead atoms. The highest BCUT2D eigenvalue weighted by Gasteiger charge is 2.24. The molecule has 0 unspecified atom stereocenters. The van der Waals surface area contributed by atoms with Crippen molar-refractivity contribution >= 4 is 29.4 Å². The molecule has 5 heteroatoms. The molecule has 1 saturated heterocycles. The molecular weight excluding hydrogens is 228 g/mol. The van der Waals surface area contributed by atoms with Crippen molar-refractivity contribution in [3.63, 3.8) is 0 Å². The molecule has 2 heterocycles. The van der Waals surface area contributed by atoms with Gasteiger partial charge in [-0.3, -0.25) is 0 Å². The number of aromatic nitrogens is 1. The molecule has 84 valence electrons. The van der Waals surface area contributed by atoms with Crippen LogP contribution in [-0.2, 0) is 4.74 Å². The Hall–Kier alpha value is -1.68. The third-order valence-electron chi connectivity index (χ3n) is 2.68. The molecule has 16 heavy (non-hydrogen) atoms. The van der Waals surface area contributed by atoms with Crippen molar-refractivity contribution < 1.29 is 9.53 Å². The Balaban J connectivity index is 0.000000963. The molecule has 1 amide bonds. The van der Waals surface area contributed by atoms with E-state index in [9.17, 15) is 4.79 Å². The van der Waals surface area contributed by atoms with Crippen molar-refractivity contribution in [3.8, 4) is 0 Å². The van der Waals surface area contributed by atoms with Gasteiger partial charge in [-0.15, -0.1) is 12.4 Å². The van der Waals surface area contributed by atoms with E-state index >= 15 is 0 Å². The van der Waals surface area contributed by atoms with Crippen LogP contribution in [0.1, 0.15) is 11.6 Å². The molecular formula is C11H11ClN2O2. The van der Waals surface area contributed by atoms with Crippen molar-refractivity contribution in [2.75, 3.05) is 6.61 Å². The largest absolute Gasteiger partial charge is 0.447 e. The summed E-state index contributed by atoms with van der Waals surface area (Å²) < 4.78 is 4.89. The molecule has 0 aliphatic carbocycles. The number of fused-ring (bicyclic) bond motifs is 1. The van der Waals surface area contributed by atoms with Gasteiger partial charge in [0.1, 0.15) is 6.61 Å². The van der Waals surface area contributed by atoms with Crippen LogP contribution in [0.4, 0.5) is 4.79 Å². The summed E-state index contributed by atoms with van der Waals surface area (Å²) in [6, 6.07) is 7.97. The SMILES string of the molecule is Cl.O=C1N[C@@H](c2cccc3[nH]ccc23)CO1. The van der Waals surface area contributed by atoms with Gasteiger partial charge in [0.2, 0.25) is 0 Å². The Bertz CT molecular complexity index is 523. The van der Waals surface area contributed by atoms with Crippen LogP contribution in [-0.4, -0.2) is 17.7 Å². The molecule has 1 aromatic carbocycles. The number of ether oxygens (including phenoxy) is 1. The molecule has 0 spiro atoms. The smallest absolute Gasteiger partial charge is 0.407 e. The minimum atomic E-state index is -0.340. The fourth-order valence-electron chi connectivity index (χ4n) is 1.97. The van der Waals surface area contributed by atoms with Gasteiger partial charge in [-0.05, 0) is 17.7 Å². The summed E-state index contributed by atoms with van der Waals surface area (Å²) in [5, 5.41) is 3.91. The van der Waals surface area contributed by atoms with Crippen LogP contribution in [0.2, 0.25) is 0 Å². The zero-order valence-electron chi connectivity index (χ0n) is 8.40. The van der Waals surface area contributed by atoms with E-state index in [1.165, 1.54) is 0 Å². The average Bonchev–Trinajstić information content (AvgIpc) is 2.84. The minimum Gasteiger partial charge on any atom is -0.447 e. The normalized spacial score (nSPS) is 19.0. The van der Waals surface area contributed by atoms with Crippen molar-refractivity contribution in [2.45, 2.75) is 6.04 Å². The fourth-order valence-corrected chi connectivity index (χ4v) is 1.97. The van der Waals surface area contributed by atoms with Crippen LogP contribution in [0.25, 0.3) is 10.9 Å². The van der Waals surface area contributed by atoms with Gasteiger partial charge < -0.3 is 15.0 Å². The van der Waals surface area contributed by atoms with Crippen molar-refractivity contribution in [1.29, 1.82) is 0 Å².